The molecule has 0 unspecified atom stereocenters. The zero-order valence-corrected chi connectivity index (χ0v) is 7.71. The van der Waals surface area contributed by atoms with Crippen LogP contribution in [0.15, 0.2) is 16.9 Å². The van der Waals surface area contributed by atoms with Crippen LogP contribution in [-0.4, -0.2) is 4.98 Å². The van der Waals surface area contributed by atoms with Gasteiger partial charge in [-0.2, -0.15) is 0 Å². The maximum atomic E-state index is 11.5. The molecule has 0 aliphatic heterocycles. The average Bonchev–Trinajstić information content (AvgIpc) is 2.85. The summed E-state index contributed by atoms with van der Waals surface area (Å²) in [5.74, 6) is 0.592. The van der Waals surface area contributed by atoms with Crippen molar-refractivity contribution in [1.82, 2.24) is 4.98 Å². The van der Waals surface area contributed by atoms with E-state index in [4.69, 9.17) is 5.73 Å². The number of hydrogen-bond acceptors (Lipinski definition) is 2. The first-order chi connectivity index (χ1) is 6.18. The van der Waals surface area contributed by atoms with E-state index in [0.29, 0.717) is 11.5 Å². The molecule has 1 fully saturated rings. The average molecular weight is 178 g/mol. The Morgan fingerprint density at radius 3 is 2.69 bits per heavy atom. The molecule has 3 N–H and O–H groups in total. The molecule has 0 radical (unpaired) electrons. The Morgan fingerprint density at radius 2 is 2.23 bits per heavy atom. The van der Waals surface area contributed by atoms with Gasteiger partial charge in [0.15, 0.2) is 0 Å². The lowest BCUT2D eigenvalue weighted by atomic mass is 10.1. The highest BCUT2D eigenvalue weighted by atomic mass is 16.1. The number of H-pyrrole nitrogens is 1. The van der Waals surface area contributed by atoms with Gasteiger partial charge in [0.1, 0.15) is 0 Å². The molecular formula is C10H14N2O. The van der Waals surface area contributed by atoms with E-state index in [0.717, 1.165) is 5.69 Å². The summed E-state index contributed by atoms with van der Waals surface area (Å²) in [4.78, 5) is 14.4. The summed E-state index contributed by atoms with van der Waals surface area (Å²) in [6, 6.07) is 3.64. The summed E-state index contributed by atoms with van der Waals surface area (Å²) >= 11 is 0. The minimum Gasteiger partial charge on any atom is -0.326 e. The maximum Gasteiger partial charge on any atom is 0.252 e. The number of aromatic amines is 1. The van der Waals surface area contributed by atoms with Crippen molar-refractivity contribution in [2.45, 2.75) is 31.7 Å². The summed E-state index contributed by atoms with van der Waals surface area (Å²) in [7, 11) is 0. The van der Waals surface area contributed by atoms with Crippen LogP contribution in [0.3, 0.4) is 0 Å². The Kier molecular flexibility index (Phi) is 1.96. The van der Waals surface area contributed by atoms with E-state index in [1.807, 2.05) is 19.1 Å². The van der Waals surface area contributed by atoms with Gasteiger partial charge in [0.25, 0.3) is 5.56 Å². The molecule has 0 bridgehead atoms. The fraction of sp³-hybridized carbons (Fsp3) is 0.500. The van der Waals surface area contributed by atoms with Crippen LogP contribution in [0.4, 0.5) is 0 Å². The monoisotopic (exact) mass is 178 g/mol. The van der Waals surface area contributed by atoms with Crippen LogP contribution >= 0.6 is 0 Å². The van der Waals surface area contributed by atoms with E-state index < -0.39 is 0 Å². The third-order valence-electron chi connectivity index (χ3n) is 2.47. The molecule has 1 heterocycles. The molecule has 0 aromatic carbocycles. The number of aromatic nitrogens is 1. The predicted molar refractivity (Wildman–Crippen MR) is 51.6 cm³/mol. The Labute approximate surface area is 77.0 Å². The molecule has 1 aromatic heterocycles. The molecule has 0 amide bonds. The second-order valence-electron chi connectivity index (χ2n) is 3.76. The molecule has 0 spiro atoms. The summed E-state index contributed by atoms with van der Waals surface area (Å²) in [5.41, 5.74) is 7.34. The first-order valence-corrected chi connectivity index (χ1v) is 4.67. The van der Waals surface area contributed by atoms with E-state index in [9.17, 15) is 4.79 Å². The highest BCUT2D eigenvalue weighted by molar-refractivity contribution is 5.21. The molecule has 2 rings (SSSR count). The van der Waals surface area contributed by atoms with Crippen molar-refractivity contribution in [3.63, 3.8) is 0 Å². The summed E-state index contributed by atoms with van der Waals surface area (Å²) in [6.07, 6.45) is 2.40. The first kappa shape index (κ1) is 8.51. The summed E-state index contributed by atoms with van der Waals surface area (Å²) in [6.45, 7) is 1.82. The topological polar surface area (TPSA) is 58.9 Å². The molecular weight excluding hydrogens is 164 g/mol. The van der Waals surface area contributed by atoms with E-state index in [-0.39, 0.29) is 11.6 Å². The molecule has 70 valence electrons. The second kappa shape index (κ2) is 3.00. The van der Waals surface area contributed by atoms with Crippen LogP contribution in [0.2, 0.25) is 0 Å². The van der Waals surface area contributed by atoms with Crippen LogP contribution in [0.5, 0.6) is 0 Å². The third kappa shape index (κ3) is 1.65. The van der Waals surface area contributed by atoms with Crippen LogP contribution in [0, 0.1) is 0 Å². The minimum absolute atomic E-state index is 0.0283. The highest BCUT2D eigenvalue weighted by Gasteiger charge is 2.24. The number of rotatable bonds is 2. The number of nitrogens with two attached hydrogens (primary N) is 1. The van der Waals surface area contributed by atoms with Gasteiger partial charge in [-0.25, -0.2) is 0 Å². The number of hydrogen-bond donors (Lipinski definition) is 2. The van der Waals surface area contributed by atoms with Gasteiger partial charge in [0.2, 0.25) is 0 Å². The lowest BCUT2D eigenvalue weighted by Gasteiger charge is -2.05. The molecule has 1 aliphatic rings. The quantitative estimate of drug-likeness (QED) is 0.716. The van der Waals surface area contributed by atoms with Crippen LogP contribution in [0.1, 0.15) is 43.0 Å². The Bertz CT molecular complexity index is 363. The van der Waals surface area contributed by atoms with E-state index in [2.05, 4.69) is 4.98 Å². The van der Waals surface area contributed by atoms with Crippen LogP contribution in [-0.2, 0) is 0 Å². The normalized spacial score (nSPS) is 18.6. The SMILES string of the molecule is C[C@H](N)c1ccc(C2CC2)[nH]c1=O. The zero-order valence-electron chi connectivity index (χ0n) is 7.71. The fourth-order valence-electron chi connectivity index (χ4n) is 1.49. The van der Waals surface area contributed by atoms with Crippen molar-refractivity contribution >= 4 is 0 Å². The fourth-order valence-corrected chi connectivity index (χ4v) is 1.49. The Morgan fingerprint density at radius 1 is 1.54 bits per heavy atom. The van der Waals surface area contributed by atoms with Gasteiger partial charge in [-0.05, 0) is 31.7 Å². The van der Waals surface area contributed by atoms with Gasteiger partial charge in [-0.3, -0.25) is 4.79 Å². The minimum atomic E-state index is -0.183. The van der Waals surface area contributed by atoms with E-state index in [1.165, 1.54) is 12.8 Å². The van der Waals surface area contributed by atoms with Crippen molar-refractivity contribution < 1.29 is 0 Å². The number of nitrogens with one attached hydrogen (secondary N) is 1. The molecule has 3 heteroatoms. The molecule has 13 heavy (non-hydrogen) atoms. The van der Waals surface area contributed by atoms with Gasteiger partial charge >= 0.3 is 0 Å². The van der Waals surface area contributed by atoms with Crippen molar-refractivity contribution in [3.8, 4) is 0 Å². The third-order valence-corrected chi connectivity index (χ3v) is 2.47. The molecule has 1 atom stereocenters. The van der Waals surface area contributed by atoms with Gasteiger partial charge in [0.05, 0.1) is 0 Å². The molecule has 1 aromatic rings. The van der Waals surface area contributed by atoms with Crippen molar-refractivity contribution in [2.24, 2.45) is 5.73 Å². The number of pyridine rings is 1. The Balaban J connectivity index is 2.37. The summed E-state index contributed by atoms with van der Waals surface area (Å²) < 4.78 is 0. The van der Waals surface area contributed by atoms with Gasteiger partial charge < -0.3 is 10.7 Å². The predicted octanol–water partition coefficient (Wildman–Crippen LogP) is 1.27. The summed E-state index contributed by atoms with van der Waals surface area (Å²) in [5, 5.41) is 0. The van der Waals surface area contributed by atoms with Crippen LogP contribution < -0.4 is 11.3 Å². The van der Waals surface area contributed by atoms with E-state index >= 15 is 0 Å². The van der Waals surface area contributed by atoms with Crippen molar-refractivity contribution in [2.75, 3.05) is 0 Å². The maximum absolute atomic E-state index is 11.5. The zero-order chi connectivity index (χ0) is 9.42. The van der Waals surface area contributed by atoms with Crippen LogP contribution in [0.25, 0.3) is 0 Å². The molecule has 0 saturated heterocycles. The van der Waals surface area contributed by atoms with Gasteiger partial charge in [0, 0.05) is 17.3 Å². The highest BCUT2D eigenvalue weighted by Crippen LogP contribution is 2.38. The van der Waals surface area contributed by atoms with Crippen molar-refractivity contribution in [3.05, 3.63) is 33.7 Å². The largest absolute Gasteiger partial charge is 0.326 e. The van der Waals surface area contributed by atoms with Gasteiger partial charge in [-0.1, -0.05) is 6.07 Å². The standard InChI is InChI=1S/C10H14N2O/c1-6(11)8-4-5-9(7-2-3-7)12-10(8)13/h4-7H,2-3,11H2,1H3,(H,12,13)/t6-/m0/s1. The van der Waals surface area contributed by atoms with Crippen molar-refractivity contribution in [1.29, 1.82) is 0 Å². The van der Waals surface area contributed by atoms with Gasteiger partial charge in [-0.15, -0.1) is 0 Å². The Hall–Kier alpha value is -1.09. The first-order valence-electron chi connectivity index (χ1n) is 4.67. The lowest BCUT2D eigenvalue weighted by Crippen LogP contribution is -2.20. The smallest absolute Gasteiger partial charge is 0.252 e. The molecule has 3 nitrogen and oxygen atoms in total. The molecule has 1 aliphatic carbocycles. The van der Waals surface area contributed by atoms with E-state index in [1.54, 1.807) is 0 Å². The molecule has 1 saturated carbocycles. The lowest BCUT2D eigenvalue weighted by molar-refractivity contribution is 0.793. The second-order valence-corrected chi connectivity index (χ2v) is 3.76.